The number of nitrogens with zero attached hydrogens (tertiary/aromatic N) is 3. The van der Waals surface area contributed by atoms with Crippen LogP contribution in [0.1, 0.15) is 49.9 Å². The summed E-state index contributed by atoms with van der Waals surface area (Å²) >= 11 is 0. The second-order valence-electron chi connectivity index (χ2n) is 7.14. The van der Waals surface area contributed by atoms with E-state index < -0.39 is 11.6 Å². The quantitative estimate of drug-likeness (QED) is 0.848. The number of hydrogen-bond donors (Lipinski definition) is 1. The summed E-state index contributed by atoms with van der Waals surface area (Å²) in [5.41, 5.74) is 0.533. The molecule has 1 saturated heterocycles. The Hall–Kier alpha value is -2.41. The summed E-state index contributed by atoms with van der Waals surface area (Å²) in [6.45, 7) is 7.84. The van der Waals surface area contributed by atoms with Gasteiger partial charge in [0.15, 0.2) is 5.89 Å². The largest absolute Gasteiger partial charge is 0.478 e. The first-order valence-corrected chi connectivity index (χ1v) is 8.90. The maximum Gasteiger partial charge on any atom is 0.348 e. The average Bonchev–Trinajstić information content (AvgIpc) is 3.07. The van der Waals surface area contributed by atoms with Crippen molar-refractivity contribution in [3.63, 3.8) is 0 Å². The molecule has 3 heterocycles. The Kier molecular flexibility index (Phi) is 5.27. The molecule has 1 aliphatic heterocycles. The average molecular weight is 359 g/mol. The molecule has 0 unspecified atom stereocenters. The van der Waals surface area contributed by atoms with Gasteiger partial charge in [-0.15, -0.1) is 0 Å². The minimum atomic E-state index is -1.21. The van der Waals surface area contributed by atoms with Gasteiger partial charge in [0, 0.05) is 44.1 Å². The van der Waals surface area contributed by atoms with E-state index in [0.717, 1.165) is 17.3 Å². The number of carbonyl (C=O) groups is 1. The number of oxazole rings is 1. The van der Waals surface area contributed by atoms with Crippen LogP contribution in [-0.4, -0.2) is 44.6 Å². The number of carboxylic acids is 1. The maximum atomic E-state index is 11.9. The fraction of sp³-hybridized carbons (Fsp3) is 0.526. The van der Waals surface area contributed by atoms with Crippen LogP contribution >= 0.6 is 0 Å². The number of pyridine rings is 1. The molecule has 2 aromatic heterocycles. The van der Waals surface area contributed by atoms with Gasteiger partial charge in [0.05, 0.1) is 11.9 Å². The molecule has 0 bridgehead atoms. The predicted molar refractivity (Wildman–Crippen MR) is 95.1 cm³/mol. The summed E-state index contributed by atoms with van der Waals surface area (Å²) in [7, 11) is 0. The lowest BCUT2D eigenvalue weighted by Gasteiger charge is -2.38. The zero-order valence-electron chi connectivity index (χ0n) is 15.4. The van der Waals surface area contributed by atoms with Crippen LogP contribution in [0.15, 0.2) is 29.0 Å². The van der Waals surface area contributed by atoms with Gasteiger partial charge >= 0.3 is 5.97 Å². The van der Waals surface area contributed by atoms with Crippen molar-refractivity contribution in [2.24, 2.45) is 0 Å². The zero-order valence-corrected chi connectivity index (χ0v) is 15.4. The molecule has 0 radical (unpaired) electrons. The fourth-order valence-electron chi connectivity index (χ4n) is 3.06. The van der Waals surface area contributed by atoms with Crippen molar-refractivity contribution >= 4 is 5.97 Å². The molecule has 7 heteroatoms. The molecule has 0 atom stereocenters. The maximum absolute atomic E-state index is 11.9. The Morgan fingerprint density at radius 1 is 1.38 bits per heavy atom. The highest BCUT2D eigenvalue weighted by Crippen LogP contribution is 2.30. The fourth-order valence-corrected chi connectivity index (χ4v) is 3.06. The van der Waals surface area contributed by atoms with E-state index in [9.17, 15) is 9.90 Å². The minimum Gasteiger partial charge on any atom is -0.478 e. The first-order valence-electron chi connectivity index (χ1n) is 8.90. The molecular formula is C19H25N3O4. The van der Waals surface area contributed by atoms with Gasteiger partial charge in [0.1, 0.15) is 12.0 Å². The van der Waals surface area contributed by atoms with Crippen LogP contribution in [0.25, 0.3) is 0 Å². The molecule has 1 N–H and O–H groups in total. The third kappa shape index (κ3) is 4.04. The first-order chi connectivity index (χ1) is 12.4. The van der Waals surface area contributed by atoms with Crippen molar-refractivity contribution in [1.82, 2.24) is 14.9 Å². The number of aliphatic carboxylic acids is 1. The van der Waals surface area contributed by atoms with E-state index in [1.807, 2.05) is 26.8 Å². The lowest BCUT2D eigenvalue weighted by molar-refractivity contribution is -0.159. The monoisotopic (exact) mass is 359 g/mol. The van der Waals surface area contributed by atoms with Gasteiger partial charge in [-0.25, -0.2) is 9.78 Å². The molecule has 0 spiro atoms. The topological polar surface area (TPSA) is 88.7 Å². The Labute approximate surface area is 153 Å². The van der Waals surface area contributed by atoms with Gasteiger partial charge in [0.25, 0.3) is 0 Å². The zero-order chi connectivity index (χ0) is 18.7. The Morgan fingerprint density at radius 3 is 2.65 bits per heavy atom. The van der Waals surface area contributed by atoms with Crippen LogP contribution in [0, 0.1) is 6.92 Å². The molecule has 3 rings (SSSR count). The van der Waals surface area contributed by atoms with Crippen LogP contribution in [-0.2, 0) is 11.3 Å². The molecule has 0 amide bonds. The van der Waals surface area contributed by atoms with E-state index in [-0.39, 0.29) is 5.92 Å². The summed E-state index contributed by atoms with van der Waals surface area (Å²) in [6.07, 6.45) is 4.08. The van der Waals surface area contributed by atoms with E-state index in [0.29, 0.717) is 38.2 Å². The summed E-state index contributed by atoms with van der Waals surface area (Å²) < 4.78 is 11.3. The molecule has 26 heavy (non-hydrogen) atoms. The number of likely N-dealkylation sites (tertiary alicyclic amines) is 1. The van der Waals surface area contributed by atoms with E-state index in [1.54, 1.807) is 18.5 Å². The first kappa shape index (κ1) is 18.4. The number of ether oxygens (including phenoxy) is 1. The summed E-state index contributed by atoms with van der Waals surface area (Å²) in [5, 5.41) is 9.75. The van der Waals surface area contributed by atoms with Crippen molar-refractivity contribution in [2.75, 3.05) is 13.1 Å². The molecule has 0 saturated carbocycles. The molecule has 1 aliphatic rings. The smallest absolute Gasteiger partial charge is 0.348 e. The number of rotatable bonds is 6. The van der Waals surface area contributed by atoms with Crippen LogP contribution in [0.2, 0.25) is 0 Å². The van der Waals surface area contributed by atoms with Gasteiger partial charge in [0.2, 0.25) is 5.60 Å². The molecule has 0 aliphatic carbocycles. The summed E-state index contributed by atoms with van der Waals surface area (Å²) in [4.78, 5) is 22.7. The molecule has 140 valence electrons. The number of carboxylic acid groups (broad SMARTS) is 1. The Bertz CT molecular complexity index is 746. The Morgan fingerprint density at radius 2 is 2.12 bits per heavy atom. The highest BCUT2D eigenvalue weighted by molar-refractivity contribution is 5.78. The molecule has 2 aromatic rings. The van der Waals surface area contributed by atoms with E-state index in [4.69, 9.17) is 9.15 Å². The second-order valence-corrected chi connectivity index (χ2v) is 7.14. The van der Waals surface area contributed by atoms with Crippen LogP contribution in [0.3, 0.4) is 0 Å². The number of hydrogen-bond acceptors (Lipinski definition) is 6. The molecule has 0 aromatic carbocycles. The summed E-state index contributed by atoms with van der Waals surface area (Å²) in [5.74, 6) is 0.541. The molecular weight excluding hydrogens is 334 g/mol. The normalized spacial score (nSPS) is 17.4. The standard InChI is InChI=1S/C19H25N3O4/c1-13(2)17-21-15(12-25-17)11-22-8-6-19(7-9-22,18(23)24)26-16-5-4-14(3)20-10-16/h4-5,10,12-13H,6-9,11H2,1-3H3,(H,23,24). The SMILES string of the molecule is Cc1ccc(OC2(C(=O)O)CCN(Cc3coc(C(C)C)n3)CC2)cn1. The van der Waals surface area contributed by atoms with Gasteiger partial charge in [-0.2, -0.15) is 0 Å². The van der Waals surface area contributed by atoms with Crippen molar-refractivity contribution in [2.45, 2.75) is 51.7 Å². The van der Waals surface area contributed by atoms with Gasteiger partial charge in [-0.1, -0.05) is 13.8 Å². The summed E-state index contributed by atoms with van der Waals surface area (Å²) in [6, 6.07) is 3.58. The minimum absolute atomic E-state index is 0.251. The van der Waals surface area contributed by atoms with Crippen molar-refractivity contribution < 1.29 is 19.1 Å². The van der Waals surface area contributed by atoms with Crippen molar-refractivity contribution in [3.8, 4) is 5.75 Å². The van der Waals surface area contributed by atoms with E-state index in [1.165, 1.54) is 0 Å². The van der Waals surface area contributed by atoms with E-state index in [2.05, 4.69) is 14.9 Å². The van der Waals surface area contributed by atoms with E-state index >= 15 is 0 Å². The third-order valence-electron chi connectivity index (χ3n) is 4.70. The number of aryl methyl sites for hydroxylation is 1. The molecule has 1 fully saturated rings. The van der Waals surface area contributed by atoms with Crippen LogP contribution < -0.4 is 4.74 Å². The van der Waals surface area contributed by atoms with Crippen molar-refractivity contribution in [1.29, 1.82) is 0 Å². The highest BCUT2D eigenvalue weighted by Gasteiger charge is 2.44. The van der Waals surface area contributed by atoms with Gasteiger partial charge in [-0.05, 0) is 19.1 Å². The van der Waals surface area contributed by atoms with Gasteiger partial charge < -0.3 is 14.3 Å². The lowest BCUT2D eigenvalue weighted by atomic mass is 9.91. The van der Waals surface area contributed by atoms with Gasteiger partial charge in [-0.3, -0.25) is 9.88 Å². The predicted octanol–water partition coefficient (Wildman–Crippen LogP) is 3.00. The Balaban J connectivity index is 1.63. The van der Waals surface area contributed by atoms with Crippen LogP contribution in [0.5, 0.6) is 5.75 Å². The highest BCUT2D eigenvalue weighted by atomic mass is 16.5. The second kappa shape index (κ2) is 7.45. The van der Waals surface area contributed by atoms with Crippen LogP contribution in [0.4, 0.5) is 0 Å². The molecule has 7 nitrogen and oxygen atoms in total. The number of piperidine rings is 1. The number of aromatic nitrogens is 2. The lowest BCUT2D eigenvalue weighted by Crippen LogP contribution is -2.53. The van der Waals surface area contributed by atoms with Crippen molar-refractivity contribution in [3.05, 3.63) is 41.9 Å². The third-order valence-corrected chi connectivity index (χ3v) is 4.70.